The number of hydrogen-bond donors (Lipinski definition) is 2. The van der Waals surface area contributed by atoms with Crippen molar-refractivity contribution in [3.8, 4) is 0 Å². The average molecular weight is 356 g/mol. The fourth-order valence-corrected chi connectivity index (χ4v) is 2.81. The number of likely N-dealkylation sites (tertiary alicyclic amines) is 1. The van der Waals surface area contributed by atoms with Crippen LogP contribution < -0.4 is 10.6 Å². The second kappa shape index (κ2) is 8.98. The van der Waals surface area contributed by atoms with Gasteiger partial charge in [0.1, 0.15) is 5.82 Å². The van der Waals surface area contributed by atoms with Gasteiger partial charge < -0.3 is 20.3 Å². The lowest BCUT2D eigenvalue weighted by Crippen LogP contribution is -2.42. The van der Waals surface area contributed by atoms with Gasteiger partial charge in [-0.3, -0.25) is 4.98 Å². The van der Waals surface area contributed by atoms with E-state index in [1.54, 1.807) is 17.3 Å². The number of amides is 1. The molecule has 3 heterocycles. The lowest BCUT2D eigenvalue weighted by atomic mass is 10.1. The van der Waals surface area contributed by atoms with Crippen LogP contribution in [0.15, 0.2) is 36.7 Å². The van der Waals surface area contributed by atoms with Gasteiger partial charge in [0.05, 0.1) is 18.8 Å². The van der Waals surface area contributed by atoms with Gasteiger partial charge in [-0.1, -0.05) is 6.07 Å². The molecule has 2 aromatic heterocycles. The Morgan fingerprint density at radius 2 is 2.08 bits per heavy atom. The van der Waals surface area contributed by atoms with Crippen molar-refractivity contribution in [1.29, 1.82) is 0 Å². The zero-order valence-corrected chi connectivity index (χ0v) is 14.9. The second-order valence-electron chi connectivity index (χ2n) is 6.04. The number of ether oxygens (including phenoxy) is 1. The van der Waals surface area contributed by atoms with Crippen molar-refractivity contribution in [2.75, 3.05) is 30.3 Å². The number of rotatable bonds is 6. The quantitative estimate of drug-likeness (QED) is 0.821. The average Bonchev–Trinajstić information content (AvgIpc) is 2.68. The van der Waals surface area contributed by atoms with Crippen LogP contribution in [0.1, 0.15) is 25.5 Å². The lowest BCUT2D eigenvalue weighted by molar-refractivity contribution is 0.0983. The summed E-state index contributed by atoms with van der Waals surface area (Å²) in [5, 5.41) is 6.61. The molecule has 1 saturated heterocycles. The summed E-state index contributed by atoms with van der Waals surface area (Å²) in [6.07, 6.45) is 4.95. The third-order valence-electron chi connectivity index (χ3n) is 4.19. The molecule has 8 heteroatoms. The van der Waals surface area contributed by atoms with Crippen LogP contribution in [0.4, 0.5) is 16.6 Å². The number of nitrogens with one attached hydrogen (secondary N) is 2. The molecule has 0 saturated carbocycles. The highest BCUT2D eigenvalue weighted by atomic mass is 16.6. The highest BCUT2D eigenvalue weighted by Gasteiger charge is 2.23. The van der Waals surface area contributed by atoms with Crippen LogP contribution in [0.5, 0.6) is 0 Å². The smallest absolute Gasteiger partial charge is 0.409 e. The van der Waals surface area contributed by atoms with Crippen LogP contribution in [-0.2, 0) is 11.3 Å². The van der Waals surface area contributed by atoms with Gasteiger partial charge in [0, 0.05) is 31.5 Å². The van der Waals surface area contributed by atoms with Gasteiger partial charge in [-0.15, -0.1) is 0 Å². The Hall–Kier alpha value is -2.90. The molecular formula is C18H24N6O2. The predicted molar refractivity (Wildman–Crippen MR) is 98.8 cm³/mol. The van der Waals surface area contributed by atoms with Crippen LogP contribution in [0.2, 0.25) is 0 Å². The maximum atomic E-state index is 11.7. The summed E-state index contributed by atoms with van der Waals surface area (Å²) < 4.78 is 5.04. The Bertz CT molecular complexity index is 704. The molecule has 138 valence electrons. The van der Waals surface area contributed by atoms with Crippen LogP contribution in [-0.4, -0.2) is 51.7 Å². The monoisotopic (exact) mass is 356 g/mol. The molecular weight excluding hydrogens is 332 g/mol. The standard InChI is InChI=1S/C18H24N6O2/c1-2-26-18(25)24-11-7-14(8-12-24)22-17-20-10-6-16(23-17)21-13-15-5-3-4-9-19-15/h3-6,9-10,14H,2,7-8,11-13H2,1H3,(H2,20,21,22,23). The molecule has 2 aromatic rings. The Morgan fingerprint density at radius 3 is 2.81 bits per heavy atom. The van der Waals surface area contributed by atoms with E-state index in [1.807, 2.05) is 31.2 Å². The number of aromatic nitrogens is 3. The molecule has 0 bridgehead atoms. The number of piperidine rings is 1. The van der Waals surface area contributed by atoms with E-state index in [-0.39, 0.29) is 12.1 Å². The summed E-state index contributed by atoms with van der Waals surface area (Å²) in [6, 6.07) is 7.89. The molecule has 1 aliphatic rings. The maximum Gasteiger partial charge on any atom is 0.409 e. The van der Waals surface area contributed by atoms with Gasteiger partial charge in [0.2, 0.25) is 5.95 Å². The zero-order valence-electron chi connectivity index (χ0n) is 14.9. The van der Waals surface area contributed by atoms with E-state index >= 15 is 0 Å². The molecule has 8 nitrogen and oxygen atoms in total. The number of nitrogens with zero attached hydrogens (tertiary/aromatic N) is 4. The van der Waals surface area contributed by atoms with Crippen molar-refractivity contribution in [2.24, 2.45) is 0 Å². The summed E-state index contributed by atoms with van der Waals surface area (Å²) >= 11 is 0. The SMILES string of the molecule is CCOC(=O)N1CCC(Nc2nccc(NCc3ccccn3)n2)CC1. The fraction of sp³-hybridized carbons (Fsp3) is 0.444. The Balaban J connectivity index is 1.49. The predicted octanol–water partition coefficient (Wildman–Crippen LogP) is 2.52. The molecule has 0 spiro atoms. The summed E-state index contributed by atoms with van der Waals surface area (Å²) in [6.45, 7) is 4.18. The topological polar surface area (TPSA) is 92.3 Å². The first kappa shape index (κ1) is 17.9. The van der Waals surface area contributed by atoms with E-state index in [2.05, 4.69) is 25.6 Å². The minimum Gasteiger partial charge on any atom is -0.450 e. The number of carbonyl (C=O) groups excluding carboxylic acids is 1. The van der Waals surface area contributed by atoms with Gasteiger partial charge in [0.15, 0.2) is 0 Å². The Morgan fingerprint density at radius 1 is 1.23 bits per heavy atom. The van der Waals surface area contributed by atoms with Crippen LogP contribution >= 0.6 is 0 Å². The number of anilines is 2. The molecule has 3 rings (SSSR count). The molecule has 0 radical (unpaired) electrons. The molecule has 0 aromatic carbocycles. The van der Waals surface area contributed by atoms with Crippen molar-refractivity contribution >= 4 is 17.9 Å². The van der Waals surface area contributed by atoms with Crippen molar-refractivity contribution in [2.45, 2.75) is 32.4 Å². The largest absolute Gasteiger partial charge is 0.450 e. The minimum atomic E-state index is -0.233. The van der Waals surface area contributed by atoms with Gasteiger partial charge in [0.25, 0.3) is 0 Å². The normalized spacial score (nSPS) is 14.7. The molecule has 2 N–H and O–H groups in total. The van der Waals surface area contributed by atoms with Crippen LogP contribution in [0.25, 0.3) is 0 Å². The molecule has 26 heavy (non-hydrogen) atoms. The summed E-state index contributed by atoms with van der Waals surface area (Å²) in [7, 11) is 0. The molecule has 1 aliphatic heterocycles. The maximum absolute atomic E-state index is 11.7. The third kappa shape index (κ3) is 5.05. The van der Waals surface area contributed by atoms with Crippen molar-refractivity contribution in [3.05, 3.63) is 42.4 Å². The van der Waals surface area contributed by atoms with Gasteiger partial charge in [-0.2, -0.15) is 4.98 Å². The van der Waals surface area contributed by atoms with E-state index in [4.69, 9.17) is 4.74 Å². The summed E-state index contributed by atoms with van der Waals surface area (Å²) in [5.41, 5.74) is 0.951. The van der Waals surface area contributed by atoms with E-state index in [9.17, 15) is 4.79 Å². The second-order valence-corrected chi connectivity index (χ2v) is 6.04. The first-order valence-electron chi connectivity index (χ1n) is 8.89. The van der Waals surface area contributed by atoms with Crippen molar-refractivity contribution in [3.63, 3.8) is 0 Å². The van der Waals surface area contributed by atoms with Gasteiger partial charge in [-0.05, 0) is 38.0 Å². The molecule has 0 atom stereocenters. The highest BCUT2D eigenvalue weighted by molar-refractivity contribution is 5.67. The lowest BCUT2D eigenvalue weighted by Gasteiger charge is -2.31. The van der Waals surface area contributed by atoms with Gasteiger partial charge >= 0.3 is 6.09 Å². The van der Waals surface area contributed by atoms with E-state index in [0.717, 1.165) is 24.4 Å². The number of carbonyl (C=O) groups is 1. The molecule has 1 fully saturated rings. The molecule has 0 unspecified atom stereocenters. The van der Waals surface area contributed by atoms with Crippen LogP contribution in [0, 0.1) is 0 Å². The molecule has 0 aliphatic carbocycles. The summed E-state index contributed by atoms with van der Waals surface area (Å²) in [5.74, 6) is 1.34. The number of pyridine rings is 1. The fourth-order valence-electron chi connectivity index (χ4n) is 2.81. The third-order valence-corrected chi connectivity index (χ3v) is 4.19. The summed E-state index contributed by atoms with van der Waals surface area (Å²) in [4.78, 5) is 26.6. The number of hydrogen-bond acceptors (Lipinski definition) is 7. The minimum absolute atomic E-state index is 0.233. The Kier molecular flexibility index (Phi) is 6.19. The zero-order chi connectivity index (χ0) is 18.2. The van der Waals surface area contributed by atoms with Gasteiger partial charge in [-0.25, -0.2) is 9.78 Å². The Labute approximate surface area is 153 Å². The van der Waals surface area contributed by atoms with Crippen molar-refractivity contribution < 1.29 is 9.53 Å². The van der Waals surface area contributed by atoms with E-state index in [1.165, 1.54) is 0 Å². The van der Waals surface area contributed by atoms with E-state index in [0.29, 0.717) is 32.2 Å². The molecule has 1 amide bonds. The van der Waals surface area contributed by atoms with Crippen LogP contribution in [0.3, 0.4) is 0 Å². The highest BCUT2D eigenvalue weighted by Crippen LogP contribution is 2.16. The van der Waals surface area contributed by atoms with E-state index < -0.39 is 0 Å². The van der Waals surface area contributed by atoms with Crippen molar-refractivity contribution in [1.82, 2.24) is 19.9 Å². The first-order valence-corrected chi connectivity index (χ1v) is 8.89. The first-order chi connectivity index (χ1) is 12.7.